The maximum absolute atomic E-state index is 12.0. The van der Waals surface area contributed by atoms with Crippen LogP contribution >= 0.6 is 11.6 Å². The normalized spacial score (nSPS) is 16.8. The lowest BCUT2D eigenvalue weighted by atomic mass is 10.1. The number of hydrogen-bond acceptors (Lipinski definition) is 4. The van der Waals surface area contributed by atoms with Crippen molar-refractivity contribution in [3.8, 4) is 5.75 Å². The molecular weight excluding hydrogens is 342 g/mol. The molecule has 0 spiro atoms. The lowest BCUT2D eigenvalue weighted by molar-refractivity contribution is 0.105. The van der Waals surface area contributed by atoms with E-state index in [9.17, 15) is 4.79 Å². The number of halogens is 1. The van der Waals surface area contributed by atoms with Gasteiger partial charge >= 0.3 is 6.09 Å². The molecule has 2 aromatic carbocycles. The SMILES string of the molecule is O=C1OC(COc2ccc(CCCO)cc2)CN1c1ccc(Cl)cc1. The highest BCUT2D eigenvalue weighted by Gasteiger charge is 2.32. The number of amides is 1. The summed E-state index contributed by atoms with van der Waals surface area (Å²) < 4.78 is 11.1. The van der Waals surface area contributed by atoms with E-state index >= 15 is 0 Å². The molecule has 1 amide bonds. The number of aliphatic hydroxyl groups excluding tert-OH is 1. The molecule has 3 rings (SSSR count). The fraction of sp³-hybridized carbons (Fsp3) is 0.316. The Bertz CT molecular complexity index is 702. The van der Waals surface area contributed by atoms with Crippen LogP contribution in [0.5, 0.6) is 5.75 Å². The summed E-state index contributed by atoms with van der Waals surface area (Å²) in [6.45, 7) is 0.927. The van der Waals surface area contributed by atoms with E-state index in [1.165, 1.54) is 0 Å². The van der Waals surface area contributed by atoms with E-state index in [-0.39, 0.29) is 18.8 Å². The van der Waals surface area contributed by atoms with Crippen LogP contribution in [0.3, 0.4) is 0 Å². The van der Waals surface area contributed by atoms with Gasteiger partial charge in [0.2, 0.25) is 0 Å². The molecule has 6 heteroatoms. The Hall–Kier alpha value is -2.24. The number of benzene rings is 2. The van der Waals surface area contributed by atoms with Crippen LogP contribution in [0.15, 0.2) is 48.5 Å². The van der Waals surface area contributed by atoms with E-state index in [0.717, 1.165) is 29.8 Å². The predicted octanol–water partition coefficient (Wildman–Crippen LogP) is 3.67. The van der Waals surface area contributed by atoms with Crippen molar-refractivity contribution >= 4 is 23.4 Å². The van der Waals surface area contributed by atoms with Gasteiger partial charge in [-0.15, -0.1) is 0 Å². The Morgan fingerprint density at radius 2 is 1.88 bits per heavy atom. The Morgan fingerprint density at radius 1 is 1.16 bits per heavy atom. The highest BCUT2D eigenvalue weighted by atomic mass is 35.5. The van der Waals surface area contributed by atoms with Crippen molar-refractivity contribution in [3.63, 3.8) is 0 Å². The first-order valence-corrected chi connectivity index (χ1v) is 8.60. The number of aliphatic hydroxyl groups is 1. The van der Waals surface area contributed by atoms with Crippen LogP contribution in [0.2, 0.25) is 5.02 Å². The minimum Gasteiger partial charge on any atom is -0.490 e. The monoisotopic (exact) mass is 361 g/mol. The molecule has 5 nitrogen and oxygen atoms in total. The topological polar surface area (TPSA) is 59.0 Å². The minimum absolute atomic E-state index is 0.190. The molecule has 0 aliphatic carbocycles. The van der Waals surface area contributed by atoms with Crippen LogP contribution in [-0.4, -0.2) is 37.1 Å². The molecule has 25 heavy (non-hydrogen) atoms. The number of hydrogen-bond donors (Lipinski definition) is 1. The van der Waals surface area contributed by atoms with Crippen LogP contribution in [-0.2, 0) is 11.2 Å². The van der Waals surface area contributed by atoms with Crippen molar-refractivity contribution in [1.29, 1.82) is 0 Å². The molecule has 1 fully saturated rings. The fourth-order valence-corrected chi connectivity index (χ4v) is 2.79. The number of ether oxygens (including phenoxy) is 2. The zero-order valence-corrected chi connectivity index (χ0v) is 14.5. The summed E-state index contributed by atoms with van der Waals surface area (Å²) in [7, 11) is 0. The van der Waals surface area contributed by atoms with Gasteiger partial charge < -0.3 is 14.6 Å². The second-order valence-corrected chi connectivity index (χ2v) is 6.31. The summed E-state index contributed by atoms with van der Waals surface area (Å²) in [6.07, 6.45) is 0.888. The van der Waals surface area contributed by atoms with Crippen LogP contribution in [0.1, 0.15) is 12.0 Å². The first-order chi connectivity index (χ1) is 12.2. The number of carbonyl (C=O) groups is 1. The van der Waals surface area contributed by atoms with Crippen LogP contribution < -0.4 is 9.64 Å². The van der Waals surface area contributed by atoms with Crippen molar-refractivity contribution in [2.24, 2.45) is 0 Å². The number of anilines is 1. The molecule has 1 atom stereocenters. The van der Waals surface area contributed by atoms with E-state index < -0.39 is 0 Å². The number of nitrogens with zero attached hydrogens (tertiary/aromatic N) is 1. The van der Waals surface area contributed by atoms with Gasteiger partial charge in [-0.2, -0.15) is 0 Å². The van der Waals surface area contributed by atoms with Gasteiger partial charge in [-0.1, -0.05) is 23.7 Å². The molecule has 1 heterocycles. The van der Waals surface area contributed by atoms with Crippen LogP contribution in [0.25, 0.3) is 0 Å². The predicted molar refractivity (Wildman–Crippen MR) is 96.4 cm³/mol. The number of aryl methyl sites for hydroxylation is 1. The fourth-order valence-electron chi connectivity index (χ4n) is 2.66. The second kappa shape index (κ2) is 8.23. The second-order valence-electron chi connectivity index (χ2n) is 5.87. The lowest BCUT2D eigenvalue weighted by Crippen LogP contribution is -2.26. The van der Waals surface area contributed by atoms with Gasteiger partial charge in [-0.05, 0) is 54.8 Å². The number of carbonyl (C=O) groups excluding carboxylic acids is 1. The first kappa shape index (κ1) is 17.6. The molecule has 2 aromatic rings. The third-order valence-corrected chi connectivity index (χ3v) is 4.25. The Labute approximate surface area is 151 Å². The Balaban J connectivity index is 1.52. The largest absolute Gasteiger partial charge is 0.490 e. The average Bonchev–Trinajstić information content (AvgIpc) is 3.00. The highest BCUT2D eigenvalue weighted by Crippen LogP contribution is 2.24. The summed E-state index contributed by atoms with van der Waals surface area (Å²) in [5, 5.41) is 9.47. The van der Waals surface area contributed by atoms with Gasteiger partial charge in [-0.25, -0.2) is 4.79 Å². The molecule has 1 saturated heterocycles. The van der Waals surface area contributed by atoms with E-state index in [0.29, 0.717) is 18.2 Å². The van der Waals surface area contributed by atoms with Gasteiger partial charge in [-0.3, -0.25) is 4.90 Å². The van der Waals surface area contributed by atoms with Gasteiger partial charge in [0.15, 0.2) is 6.10 Å². The molecule has 0 bridgehead atoms. The zero-order valence-electron chi connectivity index (χ0n) is 13.7. The minimum atomic E-state index is -0.379. The quantitative estimate of drug-likeness (QED) is 0.817. The van der Waals surface area contributed by atoms with Crippen molar-refractivity contribution < 1.29 is 19.4 Å². The van der Waals surface area contributed by atoms with E-state index in [4.69, 9.17) is 26.2 Å². The molecule has 1 N–H and O–H groups in total. The molecule has 0 aromatic heterocycles. The average molecular weight is 362 g/mol. The van der Waals surface area contributed by atoms with E-state index in [1.807, 2.05) is 24.3 Å². The molecule has 0 radical (unpaired) electrons. The van der Waals surface area contributed by atoms with Gasteiger partial charge in [0.1, 0.15) is 12.4 Å². The summed E-state index contributed by atoms with van der Waals surface area (Å²) in [4.78, 5) is 13.6. The van der Waals surface area contributed by atoms with Gasteiger partial charge in [0.25, 0.3) is 0 Å². The molecule has 1 unspecified atom stereocenters. The van der Waals surface area contributed by atoms with Crippen LogP contribution in [0.4, 0.5) is 10.5 Å². The van der Waals surface area contributed by atoms with Crippen molar-refractivity contribution in [3.05, 3.63) is 59.1 Å². The third kappa shape index (κ3) is 4.65. The van der Waals surface area contributed by atoms with Crippen molar-refractivity contribution in [1.82, 2.24) is 0 Å². The maximum Gasteiger partial charge on any atom is 0.414 e. The van der Waals surface area contributed by atoms with Crippen molar-refractivity contribution in [2.45, 2.75) is 18.9 Å². The van der Waals surface area contributed by atoms with Crippen molar-refractivity contribution in [2.75, 3.05) is 24.7 Å². The summed E-state index contributed by atoms with van der Waals surface area (Å²) in [5.41, 5.74) is 1.91. The van der Waals surface area contributed by atoms with Crippen LogP contribution in [0, 0.1) is 0 Å². The molecule has 1 aliphatic heterocycles. The molecule has 1 aliphatic rings. The third-order valence-electron chi connectivity index (χ3n) is 4.00. The zero-order chi connectivity index (χ0) is 17.6. The highest BCUT2D eigenvalue weighted by molar-refractivity contribution is 6.30. The standard InChI is InChI=1S/C19H20ClNO4/c20-15-5-7-16(8-6-15)21-12-18(25-19(21)23)13-24-17-9-3-14(4-10-17)2-1-11-22/h3-10,18,22H,1-2,11-13H2. The molecule has 0 saturated carbocycles. The first-order valence-electron chi connectivity index (χ1n) is 8.22. The van der Waals surface area contributed by atoms with Gasteiger partial charge in [0, 0.05) is 17.3 Å². The molecule has 132 valence electrons. The van der Waals surface area contributed by atoms with E-state index in [2.05, 4.69) is 0 Å². The summed E-state index contributed by atoms with van der Waals surface area (Å²) in [6, 6.07) is 14.8. The summed E-state index contributed by atoms with van der Waals surface area (Å²) >= 11 is 5.87. The van der Waals surface area contributed by atoms with E-state index in [1.54, 1.807) is 29.2 Å². The summed E-state index contributed by atoms with van der Waals surface area (Å²) in [5.74, 6) is 0.730. The Morgan fingerprint density at radius 3 is 2.56 bits per heavy atom. The Kier molecular flexibility index (Phi) is 5.79. The maximum atomic E-state index is 12.0. The van der Waals surface area contributed by atoms with Gasteiger partial charge in [0.05, 0.1) is 6.54 Å². The number of cyclic esters (lactones) is 1. The molecular formula is C19H20ClNO4. The smallest absolute Gasteiger partial charge is 0.414 e. The lowest BCUT2D eigenvalue weighted by Gasteiger charge is -2.13. The number of rotatable bonds is 7.